The van der Waals surface area contributed by atoms with Crippen molar-refractivity contribution in [1.82, 2.24) is 10.3 Å². The van der Waals surface area contributed by atoms with Crippen molar-refractivity contribution >= 4 is 0 Å². The number of H-pyrrole nitrogens is 1. The average Bonchev–Trinajstić information content (AvgIpc) is 2.85. The van der Waals surface area contributed by atoms with Gasteiger partial charge in [0.2, 0.25) is 0 Å². The van der Waals surface area contributed by atoms with Crippen molar-refractivity contribution in [2.24, 2.45) is 0 Å². The summed E-state index contributed by atoms with van der Waals surface area (Å²) >= 11 is 0. The van der Waals surface area contributed by atoms with Gasteiger partial charge in [0, 0.05) is 24.0 Å². The van der Waals surface area contributed by atoms with Crippen molar-refractivity contribution in [3.05, 3.63) is 47.9 Å². The maximum absolute atomic E-state index is 13.6. The summed E-state index contributed by atoms with van der Waals surface area (Å²) < 4.78 is 13.6. The lowest BCUT2D eigenvalue weighted by atomic mass is 10.1. The van der Waals surface area contributed by atoms with Crippen molar-refractivity contribution in [2.45, 2.75) is 19.9 Å². The number of halogens is 1. The molecular weight excluding hydrogens is 215 g/mol. The number of aromatic nitrogens is 1. The van der Waals surface area contributed by atoms with Crippen LogP contribution in [-0.4, -0.2) is 11.5 Å². The van der Waals surface area contributed by atoms with E-state index in [0.717, 1.165) is 24.2 Å². The van der Waals surface area contributed by atoms with Gasteiger partial charge < -0.3 is 10.3 Å². The van der Waals surface area contributed by atoms with Crippen molar-refractivity contribution in [2.75, 3.05) is 6.54 Å². The largest absolute Gasteiger partial charge is 0.361 e. The molecule has 1 aromatic heterocycles. The van der Waals surface area contributed by atoms with Gasteiger partial charge in [0.05, 0.1) is 0 Å². The molecule has 0 amide bonds. The summed E-state index contributed by atoms with van der Waals surface area (Å²) in [6.07, 6.45) is 2.92. The fourth-order valence-corrected chi connectivity index (χ4v) is 1.79. The van der Waals surface area contributed by atoms with Gasteiger partial charge in [-0.25, -0.2) is 4.39 Å². The topological polar surface area (TPSA) is 27.8 Å². The van der Waals surface area contributed by atoms with Crippen LogP contribution >= 0.6 is 0 Å². The van der Waals surface area contributed by atoms with Crippen LogP contribution in [0.1, 0.15) is 18.9 Å². The molecule has 90 valence electrons. The van der Waals surface area contributed by atoms with E-state index in [9.17, 15) is 4.39 Å². The Balaban J connectivity index is 2.18. The summed E-state index contributed by atoms with van der Waals surface area (Å²) in [6.45, 7) is 3.58. The first-order valence-electron chi connectivity index (χ1n) is 5.94. The lowest BCUT2D eigenvalue weighted by Gasteiger charge is -2.07. The van der Waals surface area contributed by atoms with Crippen molar-refractivity contribution in [3.8, 4) is 11.3 Å². The molecule has 1 aromatic carbocycles. The van der Waals surface area contributed by atoms with Crippen LogP contribution in [0.3, 0.4) is 0 Å². The average molecular weight is 232 g/mol. The second-order valence-corrected chi connectivity index (χ2v) is 4.07. The monoisotopic (exact) mass is 232 g/mol. The molecule has 0 aliphatic heterocycles. The van der Waals surface area contributed by atoms with E-state index >= 15 is 0 Å². The van der Waals surface area contributed by atoms with Crippen LogP contribution < -0.4 is 5.32 Å². The normalized spacial score (nSPS) is 10.7. The molecule has 0 unspecified atom stereocenters. The Bertz CT molecular complexity index is 463. The third-order valence-electron chi connectivity index (χ3n) is 2.70. The molecule has 0 atom stereocenters. The van der Waals surface area contributed by atoms with Gasteiger partial charge in [-0.2, -0.15) is 0 Å². The van der Waals surface area contributed by atoms with Crippen LogP contribution in [0.25, 0.3) is 11.3 Å². The molecule has 1 heterocycles. The maximum atomic E-state index is 13.6. The Morgan fingerprint density at radius 3 is 2.88 bits per heavy atom. The minimum atomic E-state index is -0.149. The number of rotatable bonds is 5. The maximum Gasteiger partial charge on any atom is 0.127 e. The Morgan fingerprint density at radius 2 is 2.18 bits per heavy atom. The molecule has 0 radical (unpaired) electrons. The molecule has 2 rings (SSSR count). The molecule has 17 heavy (non-hydrogen) atoms. The molecular formula is C14H17FN2. The zero-order chi connectivity index (χ0) is 12.1. The van der Waals surface area contributed by atoms with Crippen molar-refractivity contribution in [3.63, 3.8) is 0 Å². The SMILES string of the molecule is CCCNCc1cc(-c2ccc[nH]2)ccc1F. The van der Waals surface area contributed by atoms with E-state index in [1.807, 2.05) is 24.4 Å². The van der Waals surface area contributed by atoms with Gasteiger partial charge in [0.1, 0.15) is 5.82 Å². The quantitative estimate of drug-likeness (QED) is 0.760. The minimum Gasteiger partial charge on any atom is -0.361 e. The summed E-state index contributed by atoms with van der Waals surface area (Å²) in [7, 11) is 0. The summed E-state index contributed by atoms with van der Waals surface area (Å²) in [6, 6.07) is 9.14. The second kappa shape index (κ2) is 5.64. The van der Waals surface area contributed by atoms with Crippen LogP contribution in [0.2, 0.25) is 0 Å². The van der Waals surface area contributed by atoms with E-state index in [4.69, 9.17) is 0 Å². The molecule has 0 aliphatic rings. The van der Waals surface area contributed by atoms with E-state index in [0.29, 0.717) is 12.1 Å². The molecule has 3 heteroatoms. The third-order valence-corrected chi connectivity index (χ3v) is 2.70. The van der Waals surface area contributed by atoms with Crippen molar-refractivity contribution < 1.29 is 4.39 Å². The van der Waals surface area contributed by atoms with Gasteiger partial charge in [0.15, 0.2) is 0 Å². The number of hydrogen-bond acceptors (Lipinski definition) is 1. The first kappa shape index (κ1) is 11.9. The number of hydrogen-bond donors (Lipinski definition) is 2. The highest BCUT2D eigenvalue weighted by atomic mass is 19.1. The van der Waals surface area contributed by atoms with Crippen LogP contribution in [0, 0.1) is 5.82 Å². The van der Waals surface area contributed by atoms with Gasteiger partial charge in [-0.05, 0) is 48.9 Å². The first-order valence-corrected chi connectivity index (χ1v) is 5.94. The highest BCUT2D eigenvalue weighted by Gasteiger charge is 2.05. The van der Waals surface area contributed by atoms with Crippen LogP contribution in [0.5, 0.6) is 0 Å². The van der Waals surface area contributed by atoms with Gasteiger partial charge in [-0.3, -0.25) is 0 Å². The predicted octanol–water partition coefficient (Wildman–Crippen LogP) is 3.32. The van der Waals surface area contributed by atoms with E-state index in [2.05, 4.69) is 17.2 Å². The Labute approximate surface area is 101 Å². The molecule has 2 N–H and O–H groups in total. The van der Waals surface area contributed by atoms with Crippen LogP contribution in [-0.2, 0) is 6.54 Å². The number of benzene rings is 1. The highest BCUT2D eigenvalue weighted by Crippen LogP contribution is 2.20. The van der Waals surface area contributed by atoms with Gasteiger partial charge in [-0.15, -0.1) is 0 Å². The molecule has 0 bridgehead atoms. The summed E-state index contributed by atoms with van der Waals surface area (Å²) in [5, 5.41) is 3.21. The smallest absolute Gasteiger partial charge is 0.127 e. The molecule has 2 nitrogen and oxygen atoms in total. The molecule has 2 aromatic rings. The Morgan fingerprint density at radius 1 is 1.29 bits per heavy atom. The number of nitrogens with one attached hydrogen (secondary N) is 2. The summed E-state index contributed by atoms with van der Waals surface area (Å²) in [4.78, 5) is 3.12. The van der Waals surface area contributed by atoms with Crippen LogP contribution in [0.4, 0.5) is 4.39 Å². The Kier molecular flexibility index (Phi) is 3.94. The first-order chi connectivity index (χ1) is 8.31. The zero-order valence-corrected chi connectivity index (χ0v) is 9.96. The summed E-state index contributed by atoms with van der Waals surface area (Å²) in [5.74, 6) is -0.149. The predicted molar refractivity (Wildman–Crippen MR) is 68.2 cm³/mol. The molecule has 0 saturated heterocycles. The molecule has 0 aliphatic carbocycles. The Hall–Kier alpha value is -1.61. The van der Waals surface area contributed by atoms with E-state index in [-0.39, 0.29) is 5.82 Å². The number of aromatic amines is 1. The second-order valence-electron chi connectivity index (χ2n) is 4.07. The van der Waals surface area contributed by atoms with E-state index in [1.54, 1.807) is 6.07 Å². The van der Waals surface area contributed by atoms with E-state index < -0.39 is 0 Å². The van der Waals surface area contributed by atoms with E-state index in [1.165, 1.54) is 6.07 Å². The third kappa shape index (κ3) is 2.94. The van der Waals surface area contributed by atoms with Gasteiger partial charge >= 0.3 is 0 Å². The lowest BCUT2D eigenvalue weighted by molar-refractivity contribution is 0.587. The molecule has 0 saturated carbocycles. The molecule has 0 fully saturated rings. The van der Waals surface area contributed by atoms with Crippen molar-refractivity contribution in [1.29, 1.82) is 0 Å². The standard InChI is InChI=1S/C14H17FN2/c1-2-7-16-10-12-9-11(5-6-13(12)15)14-4-3-8-17-14/h3-6,8-9,16-17H,2,7,10H2,1H3. The van der Waals surface area contributed by atoms with Gasteiger partial charge in [0.25, 0.3) is 0 Å². The highest BCUT2D eigenvalue weighted by molar-refractivity contribution is 5.60. The summed E-state index contributed by atoms with van der Waals surface area (Å²) in [5.41, 5.74) is 2.75. The van der Waals surface area contributed by atoms with Crippen LogP contribution in [0.15, 0.2) is 36.5 Å². The molecule has 0 spiro atoms. The van der Waals surface area contributed by atoms with Gasteiger partial charge in [-0.1, -0.05) is 6.92 Å². The fraction of sp³-hybridized carbons (Fsp3) is 0.286. The minimum absolute atomic E-state index is 0.149. The zero-order valence-electron chi connectivity index (χ0n) is 9.96. The lowest BCUT2D eigenvalue weighted by Crippen LogP contribution is -2.14. The fourth-order valence-electron chi connectivity index (χ4n) is 1.79.